The maximum Gasteiger partial charge on any atom is 0.260 e. The average molecular weight is 222 g/mol. The van der Waals surface area contributed by atoms with Crippen LogP contribution in [0, 0.1) is 5.92 Å². The average Bonchev–Trinajstić information content (AvgIpc) is 2.99. The first-order valence-electron chi connectivity index (χ1n) is 5.18. The van der Waals surface area contributed by atoms with Crippen LogP contribution in [0.25, 0.3) is 0 Å². The van der Waals surface area contributed by atoms with E-state index in [2.05, 4.69) is 0 Å². The van der Waals surface area contributed by atoms with Gasteiger partial charge in [0.2, 0.25) is 0 Å². The number of nitrogens with two attached hydrogens (primary N) is 1. The van der Waals surface area contributed by atoms with E-state index in [4.69, 9.17) is 18.0 Å². The molecular weight excluding hydrogens is 208 g/mol. The van der Waals surface area contributed by atoms with Crippen molar-refractivity contribution in [2.75, 3.05) is 0 Å². The van der Waals surface area contributed by atoms with Crippen LogP contribution in [0.1, 0.15) is 24.8 Å². The minimum absolute atomic E-state index is 0.0642. The molecule has 3 nitrogen and oxygen atoms in total. The molecule has 15 heavy (non-hydrogen) atoms. The van der Waals surface area contributed by atoms with Gasteiger partial charge in [0, 0.05) is 12.7 Å². The van der Waals surface area contributed by atoms with E-state index < -0.39 is 0 Å². The minimum Gasteiger partial charge on any atom is -0.389 e. The Labute approximate surface area is 93.9 Å². The van der Waals surface area contributed by atoms with Gasteiger partial charge in [0.05, 0.1) is 5.56 Å². The third-order valence-electron chi connectivity index (χ3n) is 2.76. The van der Waals surface area contributed by atoms with Crippen LogP contribution >= 0.6 is 12.2 Å². The lowest BCUT2D eigenvalue weighted by atomic mass is 10.2. The number of aromatic nitrogens is 1. The van der Waals surface area contributed by atoms with Crippen LogP contribution in [-0.4, -0.2) is 9.56 Å². The molecule has 0 aliphatic heterocycles. The summed E-state index contributed by atoms with van der Waals surface area (Å²) < 4.78 is 1.70. The Morgan fingerprint density at radius 3 is 2.93 bits per heavy atom. The molecule has 1 aromatic rings. The van der Waals surface area contributed by atoms with Crippen LogP contribution in [0.4, 0.5) is 0 Å². The van der Waals surface area contributed by atoms with E-state index in [1.54, 1.807) is 16.8 Å². The van der Waals surface area contributed by atoms with Crippen LogP contribution in [-0.2, 0) is 6.54 Å². The van der Waals surface area contributed by atoms with E-state index in [9.17, 15) is 4.79 Å². The molecule has 0 saturated heterocycles. The van der Waals surface area contributed by atoms with E-state index in [0.717, 1.165) is 18.9 Å². The molecule has 0 amide bonds. The number of pyridine rings is 1. The molecule has 2 rings (SSSR count). The van der Waals surface area contributed by atoms with Crippen molar-refractivity contribution in [1.82, 2.24) is 4.57 Å². The van der Waals surface area contributed by atoms with Crippen LogP contribution < -0.4 is 11.3 Å². The van der Waals surface area contributed by atoms with Crippen LogP contribution in [0.3, 0.4) is 0 Å². The molecule has 80 valence electrons. The summed E-state index contributed by atoms with van der Waals surface area (Å²) in [6, 6.07) is 3.50. The van der Waals surface area contributed by atoms with E-state index in [1.807, 2.05) is 6.07 Å². The highest BCUT2D eigenvalue weighted by Gasteiger charge is 2.20. The summed E-state index contributed by atoms with van der Waals surface area (Å²) in [4.78, 5) is 12.0. The molecule has 1 aromatic heterocycles. The first-order chi connectivity index (χ1) is 7.18. The number of aryl methyl sites for hydroxylation is 1. The Balaban J connectivity index is 2.18. The number of rotatable bonds is 4. The topological polar surface area (TPSA) is 48.0 Å². The summed E-state index contributed by atoms with van der Waals surface area (Å²) in [5.74, 6) is 0.824. The smallest absolute Gasteiger partial charge is 0.260 e. The summed E-state index contributed by atoms with van der Waals surface area (Å²) in [6.45, 7) is 0.778. The zero-order valence-electron chi connectivity index (χ0n) is 8.48. The van der Waals surface area contributed by atoms with Crippen molar-refractivity contribution in [2.24, 2.45) is 11.7 Å². The van der Waals surface area contributed by atoms with Crippen LogP contribution in [0.5, 0.6) is 0 Å². The lowest BCUT2D eigenvalue weighted by Gasteiger charge is -2.06. The summed E-state index contributed by atoms with van der Waals surface area (Å²) in [7, 11) is 0. The lowest BCUT2D eigenvalue weighted by Crippen LogP contribution is -2.28. The van der Waals surface area contributed by atoms with E-state index in [-0.39, 0.29) is 10.5 Å². The molecule has 0 atom stereocenters. The monoisotopic (exact) mass is 222 g/mol. The van der Waals surface area contributed by atoms with Crippen molar-refractivity contribution in [2.45, 2.75) is 25.8 Å². The Morgan fingerprint density at radius 2 is 2.33 bits per heavy atom. The van der Waals surface area contributed by atoms with Crippen molar-refractivity contribution in [1.29, 1.82) is 0 Å². The van der Waals surface area contributed by atoms with Crippen molar-refractivity contribution in [3.05, 3.63) is 34.2 Å². The van der Waals surface area contributed by atoms with Gasteiger partial charge < -0.3 is 10.3 Å². The number of hydrogen-bond donors (Lipinski definition) is 1. The van der Waals surface area contributed by atoms with Gasteiger partial charge in [-0.15, -0.1) is 0 Å². The molecule has 1 saturated carbocycles. The molecule has 1 heterocycles. The fraction of sp³-hybridized carbons (Fsp3) is 0.455. The normalized spacial score (nSPS) is 15.2. The molecule has 0 unspecified atom stereocenters. The lowest BCUT2D eigenvalue weighted by molar-refractivity contribution is 0.581. The second kappa shape index (κ2) is 4.14. The molecule has 2 N–H and O–H groups in total. The van der Waals surface area contributed by atoms with Gasteiger partial charge in [-0.2, -0.15) is 0 Å². The molecule has 0 radical (unpaired) electrons. The fourth-order valence-electron chi connectivity index (χ4n) is 1.63. The summed E-state index contributed by atoms with van der Waals surface area (Å²) >= 11 is 4.82. The molecular formula is C11H14N2OS. The molecule has 0 aromatic carbocycles. The summed E-state index contributed by atoms with van der Waals surface area (Å²) in [6.07, 6.45) is 5.50. The molecule has 1 aliphatic carbocycles. The second-order valence-electron chi connectivity index (χ2n) is 4.02. The first-order valence-corrected chi connectivity index (χ1v) is 5.58. The maximum absolute atomic E-state index is 11.8. The van der Waals surface area contributed by atoms with Gasteiger partial charge in [0.15, 0.2) is 0 Å². The highest BCUT2D eigenvalue weighted by Crippen LogP contribution is 2.32. The van der Waals surface area contributed by atoms with Crippen molar-refractivity contribution in [3.8, 4) is 0 Å². The quantitative estimate of drug-likeness (QED) is 0.781. The van der Waals surface area contributed by atoms with Crippen molar-refractivity contribution < 1.29 is 0 Å². The zero-order chi connectivity index (χ0) is 10.8. The molecule has 0 spiro atoms. The van der Waals surface area contributed by atoms with E-state index in [0.29, 0.717) is 5.56 Å². The zero-order valence-corrected chi connectivity index (χ0v) is 9.30. The summed E-state index contributed by atoms with van der Waals surface area (Å²) in [5.41, 5.74) is 5.85. The van der Waals surface area contributed by atoms with Gasteiger partial charge in [-0.3, -0.25) is 4.79 Å². The van der Waals surface area contributed by atoms with Crippen LogP contribution in [0.2, 0.25) is 0 Å². The van der Waals surface area contributed by atoms with Gasteiger partial charge in [0.1, 0.15) is 4.99 Å². The fourth-order valence-corrected chi connectivity index (χ4v) is 1.78. The number of thiocarbonyl (C=S) groups is 1. The Bertz CT molecular complexity index is 434. The molecule has 0 bridgehead atoms. The van der Waals surface area contributed by atoms with Crippen molar-refractivity contribution >= 4 is 17.2 Å². The second-order valence-corrected chi connectivity index (χ2v) is 4.46. The van der Waals surface area contributed by atoms with Gasteiger partial charge in [-0.1, -0.05) is 25.1 Å². The SMILES string of the molecule is NC(=S)c1cccn(CCC2CC2)c1=O. The highest BCUT2D eigenvalue weighted by molar-refractivity contribution is 7.80. The molecule has 4 heteroatoms. The van der Waals surface area contributed by atoms with Gasteiger partial charge in [-0.25, -0.2) is 0 Å². The highest BCUT2D eigenvalue weighted by atomic mass is 32.1. The third kappa shape index (κ3) is 2.45. The molecule has 1 fully saturated rings. The largest absolute Gasteiger partial charge is 0.389 e. The van der Waals surface area contributed by atoms with E-state index in [1.165, 1.54) is 12.8 Å². The van der Waals surface area contributed by atoms with E-state index >= 15 is 0 Å². The maximum atomic E-state index is 11.8. The minimum atomic E-state index is -0.0642. The van der Waals surface area contributed by atoms with Gasteiger partial charge in [-0.05, 0) is 24.5 Å². The van der Waals surface area contributed by atoms with Crippen molar-refractivity contribution in [3.63, 3.8) is 0 Å². The predicted molar refractivity (Wildman–Crippen MR) is 63.9 cm³/mol. The van der Waals surface area contributed by atoms with Crippen LogP contribution in [0.15, 0.2) is 23.1 Å². The number of hydrogen-bond acceptors (Lipinski definition) is 2. The summed E-state index contributed by atoms with van der Waals surface area (Å²) in [5, 5.41) is 0. The predicted octanol–water partition coefficient (Wildman–Crippen LogP) is 1.28. The first kappa shape index (κ1) is 10.4. The standard InChI is InChI=1S/C11H14N2OS/c12-10(15)9-2-1-6-13(11(9)14)7-5-8-3-4-8/h1-2,6,8H,3-5,7H2,(H2,12,15). The third-order valence-corrected chi connectivity index (χ3v) is 2.98. The number of nitrogens with zero attached hydrogens (tertiary/aromatic N) is 1. The Kier molecular flexibility index (Phi) is 2.86. The van der Waals surface area contributed by atoms with Gasteiger partial charge >= 0.3 is 0 Å². The Hall–Kier alpha value is -1.16. The van der Waals surface area contributed by atoms with Gasteiger partial charge in [0.25, 0.3) is 5.56 Å². The molecule has 1 aliphatic rings. The Morgan fingerprint density at radius 1 is 1.60 bits per heavy atom.